The Morgan fingerprint density at radius 1 is 0.906 bits per heavy atom. The van der Waals surface area contributed by atoms with E-state index >= 15 is 0 Å². The summed E-state index contributed by atoms with van der Waals surface area (Å²) >= 11 is 0. The average Bonchev–Trinajstić information content (AvgIpc) is 2.76. The van der Waals surface area contributed by atoms with Crippen molar-refractivity contribution in [2.45, 2.75) is 52.9 Å². The van der Waals surface area contributed by atoms with Crippen LogP contribution in [0.3, 0.4) is 0 Å². The first kappa shape index (κ1) is 25.1. The van der Waals surface area contributed by atoms with E-state index in [1.165, 1.54) is 0 Å². The second-order valence-corrected chi connectivity index (χ2v) is 9.10. The van der Waals surface area contributed by atoms with Crippen LogP contribution in [0.15, 0.2) is 48.5 Å². The topological polar surface area (TPSA) is 78.5 Å². The van der Waals surface area contributed by atoms with Crippen molar-refractivity contribution in [1.29, 1.82) is 0 Å². The highest BCUT2D eigenvalue weighted by Crippen LogP contribution is 2.22. The Morgan fingerprint density at radius 2 is 1.53 bits per heavy atom. The molecule has 0 bridgehead atoms. The summed E-state index contributed by atoms with van der Waals surface area (Å²) in [6, 6.07) is 15.0. The molecule has 0 aliphatic carbocycles. The van der Waals surface area contributed by atoms with Crippen molar-refractivity contribution in [3.63, 3.8) is 0 Å². The van der Waals surface area contributed by atoms with Gasteiger partial charge in [0.05, 0.1) is 13.1 Å². The van der Waals surface area contributed by atoms with Crippen LogP contribution in [0.5, 0.6) is 0 Å². The molecule has 6 heteroatoms. The van der Waals surface area contributed by atoms with Gasteiger partial charge in [-0.25, -0.2) is 0 Å². The molecule has 0 fully saturated rings. The molecule has 0 unspecified atom stereocenters. The lowest BCUT2D eigenvalue weighted by Crippen LogP contribution is -2.43. The predicted octanol–water partition coefficient (Wildman–Crippen LogP) is 4.29. The number of carbonyl (C=O) groups excluding carboxylic acids is 3. The minimum atomic E-state index is -0.361. The van der Waals surface area contributed by atoms with E-state index in [9.17, 15) is 14.4 Å². The summed E-state index contributed by atoms with van der Waals surface area (Å²) < 4.78 is 0. The van der Waals surface area contributed by atoms with Gasteiger partial charge in [-0.1, -0.05) is 63.9 Å². The van der Waals surface area contributed by atoms with Gasteiger partial charge in [-0.3, -0.25) is 14.4 Å². The Labute approximate surface area is 191 Å². The summed E-state index contributed by atoms with van der Waals surface area (Å²) in [5, 5.41) is 5.36. The number of unbranched alkanes of at least 4 members (excludes halogenated alkanes) is 1. The highest BCUT2D eigenvalue weighted by atomic mass is 16.2. The number of nitrogens with zero attached hydrogens (tertiary/aromatic N) is 1. The molecule has 2 aromatic carbocycles. The lowest BCUT2D eigenvalue weighted by atomic mass is 9.86. The molecule has 172 valence electrons. The van der Waals surface area contributed by atoms with Crippen molar-refractivity contribution in [2.24, 2.45) is 0 Å². The average molecular weight is 438 g/mol. The number of benzene rings is 2. The number of anilines is 1. The molecule has 2 rings (SSSR count). The van der Waals surface area contributed by atoms with Crippen LogP contribution >= 0.6 is 0 Å². The van der Waals surface area contributed by atoms with Gasteiger partial charge < -0.3 is 15.5 Å². The summed E-state index contributed by atoms with van der Waals surface area (Å²) in [6.07, 6.45) is 1.71. The number of hydrogen-bond acceptors (Lipinski definition) is 3. The van der Waals surface area contributed by atoms with Crippen molar-refractivity contribution in [1.82, 2.24) is 10.2 Å². The fourth-order valence-corrected chi connectivity index (χ4v) is 3.15. The van der Waals surface area contributed by atoms with E-state index in [1.807, 2.05) is 62.4 Å². The van der Waals surface area contributed by atoms with E-state index in [0.29, 0.717) is 17.8 Å². The molecule has 3 amide bonds. The van der Waals surface area contributed by atoms with Crippen LogP contribution in [0.1, 0.15) is 62.0 Å². The molecule has 0 saturated heterocycles. The van der Waals surface area contributed by atoms with Crippen LogP contribution in [-0.2, 0) is 15.0 Å². The molecule has 32 heavy (non-hydrogen) atoms. The molecule has 0 aliphatic heterocycles. The number of amides is 3. The molecule has 6 nitrogen and oxygen atoms in total. The van der Waals surface area contributed by atoms with Crippen LogP contribution < -0.4 is 10.6 Å². The summed E-state index contributed by atoms with van der Waals surface area (Å²) in [5.74, 6) is -0.857. The second-order valence-electron chi connectivity index (χ2n) is 9.10. The van der Waals surface area contributed by atoms with Crippen molar-refractivity contribution >= 4 is 23.4 Å². The summed E-state index contributed by atoms with van der Waals surface area (Å²) in [7, 11) is 0. The number of nitrogens with one attached hydrogen (secondary N) is 2. The Kier molecular flexibility index (Phi) is 9.00. The summed E-state index contributed by atoms with van der Waals surface area (Å²) in [5.41, 5.74) is 3.47. The third-order valence-corrected chi connectivity index (χ3v) is 5.18. The zero-order valence-corrected chi connectivity index (χ0v) is 19.8. The number of aryl methyl sites for hydroxylation is 1. The van der Waals surface area contributed by atoms with Crippen LogP contribution in [0.25, 0.3) is 0 Å². The molecule has 0 saturated carbocycles. The fourth-order valence-electron chi connectivity index (χ4n) is 3.15. The molecule has 2 N–H and O–H groups in total. The maximum atomic E-state index is 13.0. The summed E-state index contributed by atoms with van der Waals surface area (Å²) in [6.45, 7) is 10.6. The minimum absolute atomic E-state index is 0.00249. The monoisotopic (exact) mass is 437 g/mol. The first-order valence-corrected chi connectivity index (χ1v) is 11.1. The zero-order valence-electron chi connectivity index (χ0n) is 19.8. The molecule has 2 aromatic rings. The quantitative estimate of drug-likeness (QED) is 0.614. The van der Waals surface area contributed by atoms with Crippen molar-refractivity contribution in [3.05, 3.63) is 65.2 Å². The molecule has 0 aromatic heterocycles. The minimum Gasteiger partial charge on any atom is -0.345 e. The molecule has 0 aliphatic rings. The maximum absolute atomic E-state index is 13.0. The van der Waals surface area contributed by atoms with E-state index in [1.54, 1.807) is 4.90 Å². The highest BCUT2D eigenvalue weighted by molar-refractivity contribution is 5.98. The van der Waals surface area contributed by atoms with Gasteiger partial charge in [0.25, 0.3) is 5.91 Å². The van der Waals surface area contributed by atoms with Crippen LogP contribution in [0.4, 0.5) is 5.69 Å². The first-order valence-electron chi connectivity index (χ1n) is 11.1. The number of rotatable bonds is 9. The van der Waals surface area contributed by atoms with Crippen molar-refractivity contribution in [2.75, 3.05) is 25.0 Å². The van der Waals surface area contributed by atoms with E-state index in [0.717, 1.165) is 24.0 Å². The van der Waals surface area contributed by atoms with Gasteiger partial charge in [0.1, 0.15) is 0 Å². The van der Waals surface area contributed by atoms with Gasteiger partial charge in [-0.2, -0.15) is 0 Å². The molecule has 0 heterocycles. The molecule has 0 radical (unpaired) electrons. The lowest BCUT2D eigenvalue weighted by molar-refractivity contribution is -0.124. The van der Waals surface area contributed by atoms with Crippen LogP contribution in [0, 0.1) is 6.92 Å². The van der Waals surface area contributed by atoms with Crippen molar-refractivity contribution in [3.8, 4) is 0 Å². The van der Waals surface area contributed by atoms with Gasteiger partial charge in [-0.05, 0) is 48.6 Å². The Hall–Kier alpha value is -3.15. The van der Waals surface area contributed by atoms with Gasteiger partial charge in [-0.15, -0.1) is 0 Å². The van der Waals surface area contributed by atoms with Crippen LogP contribution in [0.2, 0.25) is 0 Å². The Balaban J connectivity index is 1.95. The number of hydrogen-bond donors (Lipinski definition) is 2. The predicted molar refractivity (Wildman–Crippen MR) is 129 cm³/mol. The molecular formula is C26H35N3O3. The fraction of sp³-hybridized carbons (Fsp3) is 0.423. The molecule has 0 spiro atoms. The highest BCUT2D eigenvalue weighted by Gasteiger charge is 2.20. The molecular weight excluding hydrogens is 402 g/mol. The maximum Gasteiger partial charge on any atom is 0.254 e. The number of carbonyl (C=O) groups is 3. The van der Waals surface area contributed by atoms with Gasteiger partial charge in [0.15, 0.2) is 0 Å². The lowest BCUT2D eigenvalue weighted by Gasteiger charge is -2.23. The Bertz CT molecular complexity index is 913. The first-order chi connectivity index (χ1) is 15.1. The standard InChI is InChI=1S/C26H35N3O3/c1-6-7-16-29(25(32)20-10-12-21(13-11-20)26(3,4)5)18-24(31)27-17-23(30)28-22-14-8-19(2)9-15-22/h8-15H,6-7,16-18H2,1-5H3,(H,27,31)(H,28,30). The smallest absolute Gasteiger partial charge is 0.254 e. The van der Waals surface area contributed by atoms with Gasteiger partial charge >= 0.3 is 0 Å². The molecule has 0 atom stereocenters. The zero-order chi connectivity index (χ0) is 23.7. The van der Waals surface area contributed by atoms with E-state index in [-0.39, 0.29) is 36.2 Å². The Morgan fingerprint density at radius 3 is 2.09 bits per heavy atom. The van der Waals surface area contributed by atoms with Gasteiger partial charge in [0, 0.05) is 17.8 Å². The van der Waals surface area contributed by atoms with E-state index < -0.39 is 0 Å². The summed E-state index contributed by atoms with van der Waals surface area (Å²) in [4.78, 5) is 39.1. The third-order valence-electron chi connectivity index (χ3n) is 5.18. The SMILES string of the molecule is CCCCN(CC(=O)NCC(=O)Nc1ccc(C)cc1)C(=O)c1ccc(C(C)(C)C)cc1. The normalized spacial score (nSPS) is 11.0. The second kappa shape index (κ2) is 11.5. The van der Waals surface area contributed by atoms with Crippen LogP contribution in [-0.4, -0.2) is 42.3 Å². The largest absolute Gasteiger partial charge is 0.345 e. The van der Waals surface area contributed by atoms with Gasteiger partial charge in [0.2, 0.25) is 11.8 Å². The van der Waals surface area contributed by atoms with Crippen molar-refractivity contribution < 1.29 is 14.4 Å². The third kappa shape index (κ3) is 7.84. The van der Waals surface area contributed by atoms with E-state index in [2.05, 4.69) is 31.4 Å². The van der Waals surface area contributed by atoms with E-state index in [4.69, 9.17) is 0 Å².